The third-order valence-corrected chi connectivity index (χ3v) is 5.04. The molecule has 0 aromatic rings. The van der Waals surface area contributed by atoms with Crippen LogP contribution in [-0.4, -0.2) is 68.3 Å². The number of carbonyl (C=O) groups is 4. The molecule has 0 heterocycles. The number of nitrogens with two attached hydrogens (primary N) is 1. The van der Waals surface area contributed by atoms with Gasteiger partial charge in [0.1, 0.15) is 29.5 Å². The first-order valence-electron chi connectivity index (χ1n) is 9.58. The monoisotopic (exact) mass is 468 g/mol. The number of rotatable bonds is 11. The zero-order chi connectivity index (χ0) is 24.6. The highest BCUT2D eigenvalue weighted by atomic mass is 31.2. The molecule has 31 heavy (non-hydrogen) atoms. The van der Waals surface area contributed by atoms with Crippen LogP contribution in [0.2, 0.25) is 0 Å². The number of carbonyl (C=O) groups excluding carboxylic acids is 3. The average molecular weight is 468 g/mol. The van der Waals surface area contributed by atoms with Gasteiger partial charge in [-0.2, -0.15) is 0 Å². The van der Waals surface area contributed by atoms with Crippen molar-refractivity contribution >= 4 is 31.5 Å². The van der Waals surface area contributed by atoms with Gasteiger partial charge in [-0.25, -0.2) is 9.59 Å². The number of amides is 3. The van der Waals surface area contributed by atoms with Gasteiger partial charge in [0, 0.05) is 0 Å². The number of aliphatic carboxylic acids is 1. The minimum atomic E-state index is -4.47. The van der Waals surface area contributed by atoms with E-state index in [0.717, 1.165) is 0 Å². The van der Waals surface area contributed by atoms with Gasteiger partial charge in [0.05, 0.1) is 0 Å². The van der Waals surface area contributed by atoms with E-state index in [1.807, 2.05) is 0 Å². The maximum atomic E-state index is 12.2. The molecule has 0 aliphatic carbocycles. The molecule has 0 fully saturated rings. The summed E-state index contributed by atoms with van der Waals surface area (Å²) in [6, 6.07) is -3.47. The highest BCUT2D eigenvalue weighted by molar-refractivity contribution is 7.52. The standard InChI is InChI=1S/C17H33N4O9P/c1-9(19-13(22)10(2)20-16(26)30-17(3,4)5)14(23)21-11(15(24)25)7-6-8-12(18)31(27,28)29/h9-12H,6-8,18H2,1-5H3,(H,19,22)(H,20,26)(H,21,23)(H,24,25)(H2,27,28,29)/t9-,10-,11-,12+/m0/s1. The summed E-state index contributed by atoms with van der Waals surface area (Å²) in [4.78, 5) is 65.3. The fraction of sp³-hybridized carbons (Fsp3) is 0.765. The second-order valence-corrected chi connectivity index (χ2v) is 9.93. The van der Waals surface area contributed by atoms with Crippen LogP contribution >= 0.6 is 7.60 Å². The first kappa shape index (κ1) is 28.8. The van der Waals surface area contributed by atoms with Crippen molar-refractivity contribution < 1.29 is 43.4 Å². The van der Waals surface area contributed by atoms with Crippen molar-refractivity contribution in [1.82, 2.24) is 16.0 Å². The molecular formula is C17H33N4O9P. The topological polar surface area (TPSA) is 217 Å². The molecule has 0 saturated carbocycles. The summed E-state index contributed by atoms with van der Waals surface area (Å²) in [6.45, 7) is 7.68. The van der Waals surface area contributed by atoms with Crippen LogP contribution in [0.4, 0.5) is 4.79 Å². The molecule has 0 spiro atoms. The average Bonchev–Trinajstić information content (AvgIpc) is 2.57. The van der Waals surface area contributed by atoms with Gasteiger partial charge in [-0.3, -0.25) is 14.2 Å². The molecule has 0 bridgehead atoms. The quantitative estimate of drug-likeness (QED) is 0.195. The van der Waals surface area contributed by atoms with Crippen LogP contribution in [0.5, 0.6) is 0 Å². The third-order valence-electron chi connectivity index (χ3n) is 3.92. The van der Waals surface area contributed by atoms with Crippen molar-refractivity contribution in [2.45, 2.75) is 83.4 Å². The van der Waals surface area contributed by atoms with E-state index in [-0.39, 0.29) is 19.3 Å². The predicted octanol–water partition coefficient (Wildman–Crippen LogP) is -0.393. The second-order valence-electron chi connectivity index (χ2n) is 8.08. The molecule has 180 valence electrons. The number of carboxylic acid groups (broad SMARTS) is 1. The van der Waals surface area contributed by atoms with Crippen LogP contribution in [0.1, 0.15) is 53.9 Å². The van der Waals surface area contributed by atoms with Gasteiger partial charge in [-0.05, 0) is 53.9 Å². The molecule has 0 aliphatic heterocycles. The first-order chi connectivity index (χ1) is 13.9. The van der Waals surface area contributed by atoms with Gasteiger partial charge in [0.2, 0.25) is 11.8 Å². The highest BCUT2D eigenvalue weighted by Crippen LogP contribution is 2.40. The van der Waals surface area contributed by atoms with Gasteiger partial charge in [-0.15, -0.1) is 0 Å². The molecule has 0 aromatic heterocycles. The fourth-order valence-corrected chi connectivity index (χ4v) is 2.73. The van der Waals surface area contributed by atoms with Crippen molar-refractivity contribution in [2.24, 2.45) is 5.73 Å². The van der Waals surface area contributed by atoms with E-state index in [1.54, 1.807) is 20.8 Å². The zero-order valence-electron chi connectivity index (χ0n) is 18.2. The zero-order valence-corrected chi connectivity index (χ0v) is 19.1. The van der Waals surface area contributed by atoms with Crippen molar-refractivity contribution in [1.29, 1.82) is 0 Å². The molecule has 13 nitrogen and oxygen atoms in total. The molecule has 0 radical (unpaired) electrons. The van der Waals surface area contributed by atoms with E-state index in [9.17, 15) is 28.8 Å². The summed E-state index contributed by atoms with van der Waals surface area (Å²) < 4.78 is 16.0. The van der Waals surface area contributed by atoms with Crippen LogP contribution in [0, 0.1) is 0 Å². The molecule has 0 aliphatic rings. The Balaban J connectivity index is 4.68. The van der Waals surface area contributed by atoms with E-state index in [4.69, 9.17) is 20.3 Å². The van der Waals surface area contributed by atoms with Gasteiger partial charge >= 0.3 is 19.7 Å². The lowest BCUT2D eigenvalue weighted by Gasteiger charge is -2.23. The van der Waals surface area contributed by atoms with Crippen molar-refractivity contribution in [3.8, 4) is 0 Å². The summed E-state index contributed by atoms with van der Waals surface area (Å²) in [6.07, 6.45) is -1.02. The molecule has 0 rings (SSSR count). The van der Waals surface area contributed by atoms with Crippen LogP contribution in [0.15, 0.2) is 0 Å². The van der Waals surface area contributed by atoms with Gasteiger partial charge in [0.15, 0.2) is 0 Å². The number of ether oxygens (including phenoxy) is 1. The number of carboxylic acids is 1. The van der Waals surface area contributed by atoms with Crippen molar-refractivity contribution in [3.63, 3.8) is 0 Å². The third kappa shape index (κ3) is 12.3. The largest absolute Gasteiger partial charge is 0.480 e. The number of alkyl carbamates (subject to hydrolysis) is 1. The molecule has 8 N–H and O–H groups in total. The molecule has 14 heteroatoms. The predicted molar refractivity (Wildman–Crippen MR) is 110 cm³/mol. The molecule has 4 atom stereocenters. The van der Waals surface area contributed by atoms with Crippen LogP contribution in [-0.2, 0) is 23.7 Å². The Hall–Kier alpha value is -2.21. The summed E-state index contributed by atoms with van der Waals surface area (Å²) in [5, 5.41) is 16.2. The second kappa shape index (κ2) is 12.0. The minimum Gasteiger partial charge on any atom is -0.480 e. The Morgan fingerprint density at radius 2 is 1.45 bits per heavy atom. The number of hydrogen-bond acceptors (Lipinski definition) is 7. The Morgan fingerprint density at radius 3 is 1.90 bits per heavy atom. The van der Waals surface area contributed by atoms with Crippen LogP contribution in [0.25, 0.3) is 0 Å². The highest BCUT2D eigenvalue weighted by Gasteiger charge is 2.28. The minimum absolute atomic E-state index is 0.0428. The normalized spacial score (nSPS) is 15.7. The molecule has 0 aromatic carbocycles. The Labute approximate surface area is 180 Å². The van der Waals surface area contributed by atoms with Gasteiger partial charge in [-0.1, -0.05) is 0 Å². The van der Waals surface area contributed by atoms with E-state index in [0.29, 0.717) is 0 Å². The first-order valence-corrected chi connectivity index (χ1v) is 11.3. The van der Waals surface area contributed by atoms with Crippen molar-refractivity contribution in [2.75, 3.05) is 0 Å². The summed E-state index contributed by atoms with van der Waals surface area (Å²) in [5.74, 6) is -4.25. The lowest BCUT2D eigenvalue weighted by Crippen LogP contribution is -2.54. The Kier molecular flexibility index (Phi) is 11.1. The lowest BCUT2D eigenvalue weighted by molar-refractivity contribution is -0.142. The summed E-state index contributed by atoms with van der Waals surface area (Å²) in [5.41, 5.74) is 4.57. The number of hydrogen-bond donors (Lipinski definition) is 7. The molecule has 0 unspecified atom stereocenters. The molecular weight excluding hydrogens is 435 g/mol. The number of nitrogens with one attached hydrogen (secondary N) is 3. The molecule has 0 saturated heterocycles. The van der Waals surface area contributed by atoms with E-state index in [2.05, 4.69) is 16.0 Å². The van der Waals surface area contributed by atoms with E-state index >= 15 is 0 Å². The van der Waals surface area contributed by atoms with E-state index < -0.39 is 61.0 Å². The molecule has 3 amide bonds. The van der Waals surface area contributed by atoms with Gasteiger partial charge < -0.3 is 41.3 Å². The van der Waals surface area contributed by atoms with E-state index in [1.165, 1.54) is 13.8 Å². The maximum absolute atomic E-state index is 12.2. The van der Waals surface area contributed by atoms with Gasteiger partial charge in [0.25, 0.3) is 0 Å². The smallest absolute Gasteiger partial charge is 0.408 e. The lowest BCUT2D eigenvalue weighted by atomic mass is 10.1. The van der Waals surface area contributed by atoms with Crippen LogP contribution < -0.4 is 21.7 Å². The summed E-state index contributed by atoms with van der Waals surface area (Å²) >= 11 is 0. The van der Waals surface area contributed by atoms with Crippen LogP contribution in [0.3, 0.4) is 0 Å². The Morgan fingerprint density at radius 1 is 0.968 bits per heavy atom. The Bertz CT molecular complexity index is 704. The maximum Gasteiger partial charge on any atom is 0.408 e. The van der Waals surface area contributed by atoms with Crippen molar-refractivity contribution in [3.05, 3.63) is 0 Å². The SMILES string of the molecule is C[C@H](NC(=O)OC(C)(C)C)C(=O)N[C@@H](C)C(=O)N[C@@H](CCC[C@H](N)P(=O)(O)O)C(=O)O. The summed E-state index contributed by atoms with van der Waals surface area (Å²) in [7, 11) is -4.47. The fourth-order valence-electron chi connectivity index (χ4n) is 2.21.